The molecule has 0 saturated carbocycles. The van der Waals surface area contributed by atoms with Crippen LogP contribution in [0.25, 0.3) is 0 Å². The van der Waals surface area contributed by atoms with E-state index in [-0.39, 0.29) is 6.61 Å². The minimum atomic E-state index is 0.0490. The Bertz CT molecular complexity index is 269. The minimum Gasteiger partial charge on any atom is -0.491 e. The summed E-state index contributed by atoms with van der Waals surface area (Å²) in [7, 11) is 0. The van der Waals surface area contributed by atoms with Gasteiger partial charge >= 0.3 is 0 Å². The van der Waals surface area contributed by atoms with Crippen molar-refractivity contribution in [2.75, 3.05) is 25.1 Å². The lowest BCUT2D eigenvalue weighted by atomic mass is 10.2. The van der Waals surface area contributed by atoms with E-state index in [0.29, 0.717) is 12.5 Å². The molecule has 0 atom stereocenters. The number of hydrogen-bond donors (Lipinski definition) is 2. The van der Waals surface area contributed by atoms with Crippen LogP contribution in [0.5, 0.6) is 5.75 Å². The van der Waals surface area contributed by atoms with E-state index in [0.717, 1.165) is 18.0 Å². The number of rotatable bonds is 6. The Hall–Kier alpha value is -1.22. The van der Waals surface area contributed by atoms with Crippen LogP contribution in [0.1, 0.15) is 13.8 Å². The van der Waals surface area contributed by atoms with Crippen molar-refractivity contribution < 1.29 is 9.84 Å². The highest BCUT2D eigenvalue weighted by Crippen LogP contribution is 2.15. The fourth-order valence-corrected chi connectivity index (χ4v) is 1.15. The Kier molecular flexibility index (Phi) is 4.98. The Morgan fingerprint density at radius 3 is 2.47 bits per heavy atom. The van der Waals surface area contributed by atoms with Crippen molar-refractivity contribution in [3.8, 4) is 5.75 Å². The second-order valence-corrected chi connectivity index (χ2v) is 3.87. The molecule has 0 radical (unpaired) electrons. The SMILES string of the molecule is CC(C)CNc1ccc(OCCO)cc1. The number of aliphatic hydroxyl groups is 1. The zero-order chi connectivity index (χ0) is 11.1. The van der Waals surface area contributed by atoms with E-state index in [1.807, 2.05) is 24.3 Å². The first-order chi connectivity index (χ1) is 7.22. The van der Waals surface area contributed by atoms with Gasteiger partial charge in [0.1, 0.15) is 12.4 Å². The third-order valence-corrected chi connectivity index (χ3v) is 1.93. The molecule has 0 unspecified atom stereocenters. The minimum absolute atomic E-state index is 0.0490. The van der Waals surface area contributed by atoms with Gasteiger partial charge in [0, 0.05) is 12.2 Å². The summed E-state index contributed by atoms with van der Waals surface area (Å²) < 4.78 is 5.26. The number of nitrogens with one attached hydrogen (secondary N) is 1. The van der Waals surface area contributed by atoms with Gasteiger partial charge in [0.05, 0.1) is 6.61 Å². The fraction of sp³-hybridized carbons (Fsp3) is 0.500. The van der Waals surface area contributed by atoms with Gasteiger partial charge < -0.3 is 15.2 Å². The normalized spacial score (nSPS) is 10.4. The highest BCUT2D eigenvalue weighted by molar-refractivity contribution is 5.46. The van der Waals surface area contributed by atoms with Gasteiger partial charge in [0.15, 0.2) is 0 Å². The molecule has 0 fully saturated rings. The Morgan fingerprint density at radius 2 is 1.93 bits per heavy atom. The van der Waals surface area contributed by atoms with Crippen LogP contribution < -0.4 is 10.1 Å². The first-order valence-electron chi connectivity index (χ1n) is 5.30. The Balaban J connectivity index is 2.41. The summed E-state index contributed by atoms with van der Waals surface area (Å²) in [6.07, 6.45) is 0. The van der Waals surface area contributed by atoms with Gasteiger partial charge in [0.25, 0.3) is 0 Å². The molecule has 0 heterocycles. The van der Waals surface area contributed by atoms with Crippen LogP contribution in [0.15, 0.2) is 24.3 Å². The summed E-state index contributed by atoms with van der Waals surface area (Å²) in [6.45, 7) is 5.71. The van der Waals surface area contributed by atoms with E-state index in [1.165, 1.54) is 0 Å². The quantitative estimate of drug-likeness (QED) is 0.754. The lowest BCUT2D eigenvalue weighted by Gasteiger charge is -2.09. The van der Waals surface area contributed by atoms with Crippen molar-refractivity contribution in [1.82, 2.24) is 0 Å². The average Bonchev–Trinajstić information content (AvgIpc) is 2.25. The highest BCUT2D eigenvalue weighted by atomic mass is 16.5. The molecule has 84 valence electrons. The molecule has 3 heteroatoms. The predicted molar refractivity (Wildman–Crippen MR) is 62.4 cm³/mol. The first-order valence-corrected chi connectivity index (χ1v) is 5.30. The first kappa shape index (κ1) is 11.9. The van der Waals surface area contributed by atoms with Crippen LogP contribution in [0.2, 0.25) is 0 Å². The molecule has 0 aliphatic heterocycles. The van der Waals surface area contributed by atoms with Crippen molar-refractivity contribution in [2.45, 2.75) is 13.8 Å². The van der Waals surface area contributed by atoms with Crippen LogP contribution in [-0.4, -0.2) is 24.9 Å². The lowest BCUT2D eigenvalue weighted by Crippen LogP contribution is -2.07. The van der Waals surface area contributed by atoms with Crippen LogP contribution in [-0.2, 0) is 0 Å². The van der Waals surface area contributed by atoms with Crippen molar-refractivity contribution in [3.05, 3.63) is 24.3 Å². The van der Waals surface area contributed by atoms with Crippen molar-refractivity contribution in [2.24, 2.45) is 5.92 Å². The molecule has 0 saturated heterocycles. The molecule has 2 N–H and O–H groups in total. The molecule has 1 aromatic rings. The molecule has 0 bridgehead atoms. The topological polar surface area (TPSA) is 41.5 Å². The van der Waals surface area contributed by atoms with Crippen molar-refractivity contribution in [1.29, 1.82) is 0 Å². The van der Waals surface area contributed by atoms with E-state index in [4.69, 9.17) is 9.84 Å². The zero-order valence-electron chi connectivity index (χ0n) is 9.36. The molecule has 0 spiro atoms. The largest absolute Gasteiger partial charge is 0.491 e. The maximum atomic E-state index is 8.59. The van der Waals surface area contributed by atoms with Crippen molar-refractivity contribution in [3.63, 3.8) is 0 Å². The van der Waals surface area contributed by atoms with Crippen LogP contribution in [0, 0.1) is 5.92 Å². The van der Waals surface area contributed by atoms with Crippen LogP contribution in [0.3, 0.4) is 0 Å². The molecule has 0 aliphatic rings. The molecule has 1 aromatic carbocycles. The van der Waals surface area contributed by atoms with E-state index in [1.54, 1.807) is 0 Å². The number of ether oxygens (including phenoxy) is 1. The molecule has 0 amide bonds. The molecule has 15 heavy (non-hydrogen) atoms. The van der Waals surface area contributed by atoms with Crippen molar-refractivity contribution >= 4 is 5.69 Å². The third kappa shape index (κ3) is 4.70. The number of aliphatic hydroxyl groups excluding tert-OH is 1. The van der Waals surface area contributed by atoms with Gasteiger partial charge in [-0.2, -0.15) is 0 Å². The molecular formula is C12H19NO2. The summed E-state index contributed by atoms with van der Waals surface area (Å²) in [5.41, 5.74) is 1.10. The summed E-state index contributed by atoms with van der Waals surface area (Å²) in [5.74, 6) is 1.43. The molecule has 0 aliphatic carbocycles. The van der Waals surface area contributed by atoms with E-state index in [9.17, 15) is 0 Å². The van der Waals surface area contributed by atoms with Gasteiger partial charge in [-0.25, -0.2) is 0 Å². The monoisotopic (exact) mass is 209 g/mol. The Labute approximate surface area is 91.1 Å². The molecule has 0 aromatic heterocycles. The standard InChI is InChI=1S/C12H19NO2/c1-10(2)9-13-11-3-5-12(6-4-11)15-8-7-14/h3-6,10,13-14H,7-9H2,1-2H3. The lowest BCUT2D eigenvalue weighted by molar-refractivity contribution is 0.201. The predicted octanol–water partition coefficient (Wildman–Crippen LogP) is 2.13. The molecule has 1 rings (SSSR count). The molecular weight excluding hydrogens is 190 g/mol. The van der Waals surface area contributed by atoms with E-state index >= 15 is 0 Å². The summed E-state index contributed by atoms with van der Waals surface area (Å²) in [4.78, 5) is 0. The van der Waals surface area contributed by atoms with E-state index < -0.39 is 0 Å². The number of benzene rings is 1. The third-order valence-electron chi connectivity index (χ3n) is 1.93. The number of hydrogen-bond acceptors (Lipinski definition) is 3. The smallest absolute Gasteiger partial charge is 0.119 e. The second-order valence-electron chi connectivity index (χ2n) is 3.87. The summed E-state index contributed by atoms with van der Waals surface area (Å²) >= 11 is 0. The summed E-state index contributed by atoms with van der Waals surface area (Å²) in [5, 5.41) is 11.9. The highest BCUT2D eigenvalue weighted by Gasteiger charge is 1.96. The maximum absolute atomic E-state index is 8.59. The molecule has 3 nitrogen and oxygen atoms in total. The maximum Gasteiger partial charge on any atom is 0.119 e. The van der Waals surface area contributed by atoms with Gasteiger partial charge in [-0.1, -0.05) is 13.8 Å². The van der Waals surface area contributed by atoms with Gasteiger partial charge in [-0.15, -0.1) is 0 Å². The summed E-state index contributed by atoms with van der Waals surface area (Å²) in [6, 6.07) is 7.76. The van der Waals surface area contributed by atoms with Crippen LogP contribution in [0.4, 0.5) is 5.69 Å². The van der Waals surface area contributed by atoms with Gasteiger partial charge in [-0.05, 0) is 30.2 Å². The van der Waals surface area contributed by atoms with Gasteiger partial charge in [-0.3, -0.25) is 0 Å². The second kappa shape index (κ2) is 6.30. The fourth-order valence-electron chi connectivity index (χ4n) is 1.15. The average molecular weight is 209 g/mol. The van der Waals surface area contributed by atoms with Gasteiger partial charge in [0.2, 0.25) is 0 Å². The number of anilines is 1. The van der Waals surface area contributed by atoms with Crippen LogP contribution >= 0.6 is 0 Å². The Morgan fingerprint density at radius 1 is 1.27 bits per heavy atom. The zero-order valence-corrected chi connectivity index (χ0v) is 9.36. The van der Waals surface area contributed by atoms with E-state index in [2.05, 4.69) is 19.2 Å².